The van der Waals surface area contributed by atoms with Gasteiger partial charge in [-0.15, -0.1) is 0 Å². The number of carbonyl (C=O) groups excluding carboxylic acids is 1. The zero-order chi connectivity index (χ0) is 12.8. The maximum atomic E-state index is 11.3. The number of esters is 1. The summed E-state index contributed by atoms with van der Waals surface area (Å²) < 4.78 is 15.0. The summed E-state index contributed by atoms with van der Waals surface area (Å²) in [5.74, 6) is 0.934. The van der Waals surface area contributed by atoms with Gasteiger partial charge in [-0.05, 0) is 19.1 Å². The molecule has 0 saturated heterocycles. The van der Waals surface area contributed by atoms with Crippen molar-refractivity contribution in [2.75, 3.05) is 6.61 Å². The molecule has 0 aliphatic rings. The molecule has 0 unspecified atom stereocenters. The Balaban J connectivity index is 1.81. The maximum Gasteiger partial charge on any atom is 0.360 e. The Kier molecular flexibility index (Phi) is 4.14. The molecule has 96 valence electrons. The van der Waals surface area contributed by atoms with E-state index in [9.17, 15) is 4.79 Å². The Morgan fingerprint density at radius 1 is 1.44 bits per heavy atom. The fourth-order valence-corrected chi connectivity index (χ4v) is 1.42. The van der Waals surface area contributed by atoms with Gasteiger partial charge in [0, 0.05) is 6.07 Å². The molecule has 0 saturated carbocycles. The molecule has 1 N–H and O–H groups in total. The van der Waals surface area contributed by atoms with Crippen molar-refractivity contribution in [2.45, 2.75) is 20.0 Å². The van der Waals surface area contributed by atoms with Crippen LogP contribution in [0.5, 0.6) is 0 Å². The van der Waals surface area contributed by atoms with Crippen molar-refractivity contribution in [3.05, 3.63) is 41.7 Å². The highest BCUT2D eigenvalue weighted by molar-refractivity contribution is 5.87. The van der Waals surface area contributed by atoms with E-state index in [1.54, 1.807) is 19.3 Å². The molecule has 6 heteroatoms. The topological polar surface area (TPSA) is 77.5 Å². The smallest absolute Gasteiger partial charge is 0.360 e. The fraction of sp³-hybridized carbons (Fsp3) is 0.333. The van der Waals surface area contributed by atoms with Crippen LogP contribution in [0.25, 0.3) is 0 Å². The van der Waals surface area contributed by atoms with Crippen LogP contribution in [-0.4, -0.2) is 17.7 Å². The molecule has 0 bridgehead atoms. The highest BCUT2D eigenvalue weighted by Crippen LogP contribution is 2.06. The zero-order valence-electron chi connectivity index (χ0n) is 10.0. The largest absolute Gasteiger partial charge is 0.468 e. The zero-order valence-corrected chi connectivity index (χ0v) is 10.0. The van der Waals surface area contributed by atoms with Gasteiger partial charge < -0.3 is 19.0 Å². The lowest BCUT2D eigenvalue weighted by atomic mass is 10.3. The molecule has 0 aliphatic carbocycles. The molecule has 2 rings (SSSR count). The summed E-state index contributed by atoms with van der Waals surface area (Å²) >= 11 is 0. The Morgan fingerprint density at radius 3 is 3.00 bits per heavy atom. The van der Waals surface area contributed by atoms with Crippen molar-refractivity contribution in [3.8, 4) is 0 Å². The number of hydrogen-bond donors (Lipinski definition) is 1. The third-order valence-corrected chi connectivity index (χ3v) is 2.22. The van der Waals surface area contributed by atoms with Crippen molar-refractivity contribution >= 4 is 5.97 Å². The summed E-state index contributed by atoms with van der Waals surface area (Å²) in [7, 11) is 0. The van der Waals surface area contributed by atoms with Crippen LogP contribution in [0.3, 0.4) is 0 Å². The second kappa shape index (κ2) is 6.02. The van der Waals surface area contributed by atoms with Gasteiger partial charge in [-0.25, -0.2) is 4.79 Å². The van der Waals surface area contributed by atoms with Crippen LogP contribution in [0, 0.1) is 0 Å². The third-order valence-electron chi connectivity index (χ3n) is 2.22. The summed E-state index contributed by atoms with van der Waals surface area (Å²) in [4.78, 5) is 11.3. The molecule has 0 atom stereocenters. The van der Waals surface area contributed by atoms with Crippen LogP contribution in [0.1, 0.15) is 28.9 Å². The van der Waals surface area contributed by atoms with E-state index < -0.39 is 5.97 Å². The van der Waals surface area contributed by atoms with Crippen LogP contribution in [0.2, 0.25) is 0 Å². The first kappa shape index (κ1) is 12.4. The molecule has 2 aromatic rings. The van der Waals surface area contributed by atoms with Crippen molar-refractivity contribution < 1.29 is 18.5 Å². The molecule has 0 radical (unpaired) electrons. The Bertz CT molecular complexity index is 490. The minimum atomic E-state index is -0.474. The minimum Gasteiger partial charge on any atom is -0.468 e. The Labute approximate surface area is 104 Å². The lowest BCUT2D eigenvalue weighted by Gasteiger charge is -1.97. The lowest BCUT2D eigenvalue weighted by Crippen LogP contribution is -2.11. The molecular formula is C12H14N2O4. The number of hydrogen-bond acceptors (Lipinski definition) is 6. The maximum absolute atomic E-state index is 11.3. The van der Waals surface area contributed by atoms with Crippen LogP contribution in [0.4, 0.5) is 0 Å². The van der Waals surface area contributed by atoms with Gasteiger partial charge in [-0.3, -0.25) is 0 Å². The third kappa shape index (κ3) is 3.21. The van der Waals surface area contributed by atoms with Gasteiger partial charge in [-0.2, -0.15) is 0 Å². The molecule has 6 nitrogen and oxygen atoms in total. The number of nitrogens with zero attached hydrogens (tertiary/aromatic N) is 1. The molecule has 18 heavy (non-hydrogen) atoms. The van der Waals surface area contributed by atoms with Gasteiger partial charge in [0.1, 0.15) is 5.76 Å². The van der Waals surface area contributed by atoms with Crippen LogP contribution < -0.4 is 5.32 Å². The lowest BCUT2D eigenvalue weighted by molar-refractivity contribution is 0.0514. The van der Waals surface area contributed by atoms with Crippen molar-refractivity contribution in [1.82, 2.24) is 10.5 Å². The quantitative estimate of drug-likeness (QED) is 0.787. The first-order valence-electron chi connectivity index (χ1n) is 5.65. The van der Waals surface area contributed by atoms with E-state index in [0.29, 0.717) is 25.5 Å². The van der Waals surface area contributed by atoms with Crippen LogP contribution >= 0.6 is 0 Å². The Hall–Kier alpha value is -2.08. The molecule has 0 aromatic carbocycles. The molecule has 2 aromatic heterocycles. The second-order valence-electron chi connectivity index (χ2n) is 3.58. The van der Waals surface area contributed by atoms with Crippen molar-refractivity contribution in [3.63, 3.8) is 0 Å². The van der Waals surface area contributed by atoms with E-state index in [2.05, 4.69) is 10.5 Å². The summed E-state index contributed by atoms with van der Waals surface area (Å²) in [6.07, 6.45) is 1.62. The van der Waals surface area contributed by atoms with Gasteiger partial charge in [-0.1, -0.05) is 5.16 Å². The molecule has 0 spiro atoms. The van der Waals surface area contributed by atoms with Crippen molar-refractivity contribution in [2.24, 2.45) is 0 Å². The molecular weight excluding hydrogens is 236 g/mol. The van der Waals surface area contributed by atoms with Gasteiger partial charge in [0.25, 0.3) is 0 Å². The summed E-state index contributed by atoms with van der Waals surface area (Å²) in [6, 6.07) is 5.26. The predicted octanol–water partition coefficient (Wildman–Crippen LogP) is 1.73. The second-order valence-corrected chi connectivity index (χ2v) is 3.58. The van der Waals surface area contributed by atoms with E-state index in [4.69, 9.17) is 13.7 Å². The van der Waals surface area contributed by atoms with E-state index in [0.717, 1.165) is 5.76 Å². The minimum absolute atomic E-state index is 0.187. The monoisotopic (exact) mass is 250 g/mol. The molecule has 2 heterocycles. The van der Waals surface area contributed by atoms with E-state index in [1.165, 1.54) is 0 Å². The highest BCUT2D eigenvalue weighted by Gasteiger charge is 2.12. The predicted molar refractivity (Wildman–Crippen MR) is 61.7 cm³/mol. The summed E-state index contributed by atoms with van der Waals surface area (Å²) in [6.45, 7) is 3.11. The van der Waals surface area contributed by atoms with E-state index >= 15 is 0 Å². The number of aromatic nitrogens is 1. The number of furan rings is 1. The molecule has 0 aliphatic heterocycles. The van der Waals surface area contributed by atoms with Gasteiger partial charge in [0.2, 0.25) is 0 Å². The first-order valence-corrected chi connectivity index (χ1v) is 5.65. The highest BCUT2D eigenvalue weighted by atomic mass is 16.5. The SMILES string of the molecule is CCOC(=O)c1cc(CNCc2ccco2)on1. The fourth-order valence-electron chi connectivity index (χ4n) is 1.42. The van der Waals surface area contributed by atoms with Crippen molar-refractivity contribution in [1.29, 1.82) is 0 Å². The first-order chi connectivity index (χ1) is 8.79. The van der Waals surface area contributed by atoms with Crippen LogP contribution in [0.15, 0.2) is 33.4 Å². The average molecular weight is 250 g/mol. The normalized spacial score (nSPS) is 10.5. The standard InChI is InChI=1S/C12H14N2O4/c1-2-16-12(15)11-6-10(18-14-11)8-13-7-9-4-3-5-17-9/h3-6,13H,2,7-8H2,1H3. The number of carbonyl (C=O) groups is 1. The number of rotatable bonds is 6. The van der Waals surface area contributed by atoms with Crippen LogP contribution in [-0.2, 0) is 17.8 Å². The molecule has 0 fully saturated rings. The van der Waals surface area contributed by atoms with Gasteiger partial charge >= 0.3 is 5.97 Å². The van der Waals surface area contributed by atoms with E-state index in [1.807, 2.05) is 12.1 Å². The average Bonchev–Trinajstić information content (AvgIpc) is 3.00. The molecule has 0 amide bonds. The summed E-state index contributed by atoms with van der Waals surface area (Å²) in [5, 5.41) is 6.75. The van der Waals surface area contributed by atoms with Gasteiger partial charge in [0.05, 0.1) is 26.0 Å². The van der Waals surface area contributed by atoms with Gasteiger partial charge in [0.15, 0.2) is 11.5 Å². The Morgan fingerprint density at radius 2 is 2.28 bits per heavy atom. The number of nitrogens with one attached hydrogen (secondary N) is 1. The van der Waals surface area contributed by atoms with E-state index in [-0.39, 0.29) is 5.69 Å². The summed E-state index contributed by atoms with van der Waals surface area (Å²) in [5.41, 5.74) is 0.187. The number of ether oxygens (including phenoxy) is 1.